The second-order valence-corrected chi connectivity index (χ2v) is 11.8. The maximum atomic E-state index is 12.8. The number of rotatable bonds is 7. The van der Waals surface area contributed by atoms with Gasteiger partial charge in [-0.1, -0.05) is 69.6 Å². The molecule has 0 aromatic heterocycles. The molecule has 1 saturated heterocycles. The van der Waals surface area contributed by atoms with Crippen LogP contribution >= 0.6 is 69.6 Å². The second-order valence-electron chi connectivity index (χ2n) is 9.15. The smallest absolute Gasteiger partial charge is 0.412 e. The lowest BCUT2D eigenvalue weighted by molar-refractivity contribution is -0.248. The average Bonchev–Trinajstić information content (AvgIpc) is 2.87. The van der Waals surface area contributed by atoms with Crippen molar-refractivity contribution in [2.75, 3.05) is 22.6 Å². The Morgan fingerprint density at radius 3 is 1.48 bits per heavy atom. The van der Waals surface area contributed by atoms with Crippen molar-refractivity contribution in [1.29, 1.82) is 0 Å². The summed E-state index contributed by atoms with van der Waals surface area (Å²) < 4.78 is 21.6. The Bertz CT molecular complexity index is 1490. The van der Waals surface area contributed by atoms with E-state index in [9.17, 15) is 19.5 Å². The summed E-state index contributed by atoms with van der Waals surface area (Å²) in [6, 6.07) is 13.0. The van der Waals surface area contributed by atoms with Gasteiger partial charge in [0.25, 0.3) is 0 Å². The van der Waals surface area contributed by atoms with E-state index >= 15 is 0 Å². The van der Waals surface area contributed by atoms with Gasteiger partial charge in [-0.15, -0.1) is 0 Å². The largest absolute Gasteiger partial charge is 0.447 e. The van der Waals surface area contributed by atoms with Gasteiger partial charge in [0.05, 0.1) is 6.10 Å². The molecule has 4 N–H and O–H groups in total. The van der Waals surface area contributed by atoms with E-state index in [4.69, 9.17) is 88.6 Å². The minimum absolute atomic E-state index is 0.169. The topological polar surface area (TPSA) is 144 Å². The van der Waals surface area contributed by atoms with E-state index in [2.05, 4.69) is 16.0 Å². The lowest BCUT2D eigenvalue weighted by Gasteiger charge is -2.38. The summed E-state index contributed by atoms with van der Waals surface area (Å²) in [6.07, 6.45) is -8.69. The van der Waals surface area contributed by atoms with Gasteiger partial charge in [-0.2, -0.15) is 0 Å². The zero-order valence-corrected chi connectivity index (χ0v) is 26.5. The first-order valence-corrected chi connectivity index (χ1v) is 14.7. The molecule has 44 heavy (non-hydrogen) atoms. The van der Waals surface area contributed by atoms with Crippen molar-refractivity contribution in [3.05, 3.63) is 84.7 Å². The van der Waals surface area contributed by atoms with Crippen molar-refractivity contribution in [1.82, 2.24) is 0 Å². The van der Waals surface area contributed by atoms with Gasteiger partial charge in [0.15, 0.2) is 12.4 Å². The Hall–Kier alpha value is -2.87. The van der Waals surface area contributed by atoms with Gasteiger partial charge < -0.3 is 24.1 Å². The summed E-state index contributed by atoms with van der Waals surface area (Å²) >= 11 is 35.8. The van der Waals surface area contributed by atoms with Crippen LogP contribution in [0.4, 0.5) is 31.4 Å². The van der Waals surface area contributed by atoms with E-state index in [0.29, 0.717) is 10.0 Å². The lowest BCUT2D eigenvalue weighted by atomic mass is 10.0. The van der Waals surface area contributed by atoms with Crippen LogP contribution in [0.3, 0.4) is 0 Å². The van der Waals surface area contributed by atoms with Crippen molar-refractivity contribution in [2.45, 2.75) is 31.0 Å². The lowest BCUT2D eigenvalue weighted by Crippen LogP contribution is -2.53. The molecule has 0 saturated carbocycles. The zero-order valence-electron chi connectivity index (χ0n) is 22.0. The van der Waals surface area contributed by atoms with E-state index in [-0.39, 0.29) is 50.2 Å². The fourth-order valence-electron chi connectivity index (χ4n) is 4.02. The fraction of sp³-hybridized carbons (Fsp3) is 0.222. The quantitative estimate of drug-likeness (QED) is 0.177. The molecule has 11 nitrogen and oxygen atoms in total. The summed E-state index contributed by atoms with van der Waals surface area (Å²) in [6.45, 7) is -0.386. The SMILES string of the molecule is O=C(Nc1cc(Cl)cc(Cl)c1)OC[C@@H]1C[C@H](OC(=O)Nc2cc(Cl)cc(Cl)c2)[C@@H](OC(=O)Nc2cc(Cl)cc(Cl)c2)[C@H](O)O1. The number of carbonyl (C=O) groups is 3. The van der Waals surface area contributed by atoms with Crippen molar-refractivity contribution in [2.24, 2.45) is 0 Å². The zero-order chi connectivity index (χ0) is 32.0. The van der Waals surface area contributed by atoms with E-state index in [1.54, 1.807) is 0 Å². The van der Waals surface area contributed by atoms with Gasteiger partial charge in [0.2, 0.25) is 0 Å². The highest BCUT2D eigenvalue weighted by atomic mass is 35.5. The molecule has 17 heteroatoms. The van der Waals surface area contributed by atoms with Crippen LogP contribution in [0.25, 0.3) is 0 Å². The standard InChI is InChI=1S/C27H21Cl6N3O8/c28-12-1-13(29)5-18(4-12)34-25(38)41-11-21-10-22(43-26(39)35-19-6-14(30)2-15(31)7-19)23(24(37)42-21)44-27(40)36-20-8-16(32)3-17(33)9-20/h1-9,21-24,37H,10-11H2,(H,34,38)(H,35,39)(H,36,40)/t21-,22-,23+,24+/m0/s1. The number of hydrogen-bond donors (Lipinski definition) is 4. The van der Waals surface area contributed by atoms with Crippen LogP contribution in [0.1, 0.15) is 6.42 Å². The van der Waals surface area contributed by atoms with Crippen LogP contribution in [0.5, 0.6) is 0 Å². The highest BCUT2D eigenvalue weighted by Gasteiger charge is 2.43. The molecular weight excluding hydrogens is 707 g/mol. The molecule has 0 radical (unpaired) electrons. The Labute approximate surface area is 280 Å². The number of aliphatic hydroxyl groups is 1. The van der Waals surface area contributed by atoms with E-state index in [0.717, 1.165) is 0 Å². The summed E-state index contributed by atoms with van der Waals surface area (Å²) in [5.74, 6) is 0. The summed E-state index contributed by atoms with van der Waals surface area (Å²) in [5, 5.41) is 19.7. The summed E-state index contributed by atoms with van der Waals surface area (Å²) in [7, 11) is 0. The molecule has 3 aromatic carbocycles. The number of benzene rings is 3. The monoisotopic (exact) mass is 725 g/mol. The van der Waals surface area contributed by atoms with Crippen molar-refractivity contribution in [3.63, 3.8) is 0 Å². The van der Waals surface area contributed by atoms with Crippen LogP contribution < -0.4 is 16.0 Å². The Morgan fingerprint density at radius 2 is 1.05 bits per heavy atom. The van der Waals surface area contributed by atoms with Gasteiger partial charge in [0, 0.05) is 53.6 Å². The number of carbonyl (C=O) groups excluding carboxylic acids is 3. The maximum Gasteiger partial charge on any atom is 0.412 e. The Kier molecular flexibility index (Phi) is 11.9. The van der Waals surface area contributed by atoms with Crippen LogP contribution in [0, 0.1) is 0 Å². The molecule has 3 aromatic rings. The third kappa shape index (κ3) is 10.4. The number of ether oxygens (including phenoxy) is 4. The highest BCUT2D eigenvalue weighted by molar-refractivity contribution is 6.36. The molecule has 1 heterocycles. The molecule has 0 unspecified atom stereocenters. The normalized spacial score (nSPS) is 19.4. The minimum atomic E-state index is -1.81. The molecule has 4 rings (SSSR count). The van der Waals surface area contributed by atoms with Crippen LogP contribution in [-0.4, -0.2) is 54.6 Å². The first kappa shape index (κ1) is 34.0. The molecule has 234 valence electrons. The molecule has 4 atom stereocenters. The molecule has 1 aliphatic heterocycles. The van der Waals surface area contributed by atoms with Crippen LogP contribution in [-0.2, 0) is 18.9 Å². The first-order valence-electron chi connectivity index (χ1n) is 12.4. The van der Waals surface area contributed by atoms with E-state index < -0.39 is 42.9 Å². The maximum absolute atomic E-state index is 12.8. The molecule has 3 amide bonds. The van der Waals surface area contributed by atoms with Gasteiger partial charge in [0.1, 0.15) is 12.7 Å². The number of amides is 3. The van der Waals surface area contributed by atoms with Crippen LogP contribution in [0.15, 0.2) is 54.6 Å². The fourth-order valence-corrected chi connectivity index (χ4v) is 5.60. The second kappa shape index (κ2) is 15.4. The minimum Gasteiger partial charge on any atom is -0.447 e. The predicted molar refractivity (Wildman–Crippen MR) is 168 cm³/mol. The number of hydrogen-bond acceptors (Lipinski definition) is 8. The van der Waals surface area contributed by atoms with Crippen molar-refractivity contribution in [3.8, 4) is 0 Å². The summed E-state index contributed by atoms with van der Waals surface area (Å²) in [4.78, 5) is 37.8. The van der Waals surface area contributed by atoms with Gasteiger partial charge in [-0.3, -0.25) is 16.0 Å². The molecular formula is C27H21Cl6N3O8. The van der Waals surface area contributed by atoms with Gasteiger partial charge in [-0.25, -0.2) is 14.4 Å². The van der Waals surface area contributed by atoms with Crippen molar-refractivity contribution < 1.29 is 38.4 Å². The number of nitrogens with one attached hydrogen (secondary N) is 3. The average molecular weight is 728 g/mol. The van der Waals surface area contributed by atoms with Gasteiger partial charge >= 0.3 is 18.3 Å². The first-order chi connectivity index (χ1) is 20.8. The molecule has 0 spiro atoms. The summed E-state index contributed by atoms with van der Waals surface area (Å²) in [5.41, 5.74) is 0.687. The molecule has 1 aliphatic rings. The molecule has 0 bridgehead atoms. The van der Waals surface area contributed by atoms with Gasteiger partial charge in [-0.05, 0) is 54.6 Å². The Balaban J connectivity index is 1.43. The third-order valence-corrected chi connectivity index (χ3v) is 7.01. The number of halogens is 6. The predicted octanol–water partition coefficient (Wildman–Crippen LogP) is 8.50. The van der Waals surface area contributed by atoms with Crippen molar-refractivity contribution >= 4 is 105 Å². The third-order valence-electron chi connectivity index (χ3n) is 5.70. The van der Waals surface area contributed by atoms with E-state index in [1.807, 2.05) is 0 Å². The van der Waals surface area contributed by atoms with Crippen LogP contribution in [0.2, 0.25) is 30.1 Å². The number of anilines is 3. The number of aliphatic hydroxyl groups excluding tert-OH is 1. The molecule has 1 fully saturated rings. The highest BCUT2D eigenvalue weighted by Crippen LogP contribution is 2.28. The van der Waals surface area contributed by atoms with E-state index in [1.165, 1.54) is 54.6 Å². The Morgan fingerprint density at radius 1 is 0.659 bits per heavy atom. The molecule has 0 aliphatic carbocycles.